The van der Waals surface area contributed by atoms with Crippen LogP contribution in [0, 0.1) is 0 Å². The van der Waals surface area contributed by atoms with Crippen LogP contribution in [0.4, 0.5) is 5.69 Å². The summed E-state index contributed by atoms with van der Waals surface area (Å²) >= 11 is 5.98. The SMILES string of the molecule is C=CCNS(=O)(=O)c1cc(C(=O)Nc2ccc3c(c2)OCO3)ccc1Cl. The minimum Gasteiger partial charge on any atom is -0.454 e. The summed E-state index contributed by atoms with van der Waals surface area (Å²) < 4.78 is 37.3. The van der Waals surface area contributed by atoms with Crippen molar-refractivity contribution in [1.82, 2.24) is 4.72 Å². The fourth-order valence-corrected chi connectivity index (χ4v) is 3.80. The van der Waals surface area contributed by atoms with Crippen molar-refractivity contribution < 1.29 is 22.7 Å². The topological polar surface area (TPSA) is 93.7 Å². The van der Waals surface area contributed by atoms with Crippen molar-refractivity contribution in [3.63, 3.8) is 0 Å². The third kappa shape index (κ3) is 3.82. The number of anilines is 1. The number of benzene rings is 2. The Hall–Kier alpha value is -2.55. The van der Waals surface area contributed by atoms with Gasteiger partial charge in [-0.2, -0.15) is 0 Å². The largest absolute Gasteiger partial charge is 0.454 e. The average molecular weight is 395 g/mol. The molecule has 0 radical (unpaired) electrons. The minimum absolute atomic E-state index is 0.0150. The van der Waals surface area contributed by atoms with Crippen molar-refractivity contribution in [2.45, 2.75) is 4.90 Å². The monoisotopic (exact) mass is 394 g/mol. The summed E-state index contributed by atoms with van der Waals surface area (Å²) in [6.45, 7) is 3.63. The van der Waals surface area contributed by atoms with Crippen LogP contribution in [0.15, 0.2) is 53.9 Å². The Labute approximate surface area is 155 Å². The molecule has 0 saturated heterocycles. The predicted molar refractivity (Wildman–Crippen MR) is 97.4 cm³/mol. The molecule has 2 N–H and O–H groups in total. The van der Waals surface area contributed by atoms with Gasteiger partial charge >= 0.3 is 0 Å². The molecule has 2 aromatic carbocycles. The Morgan fingerprint density at radius 3 is 2.73 bits per heavy atom. The molecule has 1 aliphatic heterocycles. The number of carbonyl (C=O) groups is 1. The summed E-state index contributed by atoms with van der Waals surface area (Å²) in [5, 5.41) is 2.70. The second-order valence-corrected chi connectivity index (χ2v) is 7.45. The molecule has 0 aromatic heterocycles. The molecule has 0 bridgehead atoms. The first-order valence-electron chi connectivity index (χ1n) is 7.52. The predicted octanol–water partition coefficient (Wildman–Crippen LogP) is 2.79. The van der Waals surface area contributed by atoms with E-state index in [9.17, 15) is 13.2 Å². The molecule has 136 valence electrons. The first kappa shape index (κ1) is 18.2. The molecule has 7 nitrogen and oxygen atoms in total. The van der Waals surface area contributed by atoms with Gasteiger partial charge in [-0.3, -0.25) is 4.79 Å². The molecule has 3 rings (SSSR count). The summed E-state index contributed by atoms with van der Waals surface area (Å²) in [7, 11) is -3.86. The van der Waals surface area contributed by atoms with Gasteiger partial charge in [-0.25, -0.2) is 13.1 Å². The molecule has 0 spiro atoms. The van der Waals surface area contributed by atoms with Crippen LogP contribution in [-0.4, -0.2) is 27.7 Å². The van der Waals surface area contributed by atoms with Gasteiger partial charge < -0.3 is 14.8 Å². The third-order valence-corrected chi connectivity index (χ3v) is 5.44. The van der Waals surface area contributed by atoms with Crippen molar-refractivity contribution in [2.75, 3.05) is 18.7 Å². The Morgan fingerprint density at radius 1 is 1.19 bits per heavy atom. The standard InChI is InChI=1S/C17H15ClN2O5S/c1-2-7-19-26(22,23)16-8-11(3-5-13(16)18)17(21)20-12-4-6-14-15(9-12)25-10-24-14/h2-6,8-9,19H,1,7,10H2,(H,20,21). The Bertz CT molecular complexity index is 975. The van der Waals surface area contributed by atoms with E-state index in [1.165, 1.54) is 24.3 Å². The number of amides is 1. The van der Waals surface area contributed by atoms with Crippen molar-refractivity contribution in [3.8, 4) is 11.5 Å². The lowest BCUT2D eigenvalue weighted by molar-refractivity contribution is 0.102. The number of hydrogen-bond donors (Lipinski definition) is 2. The zero-order chi connectivity index (χ0) is 18.7. The van der Waals surface area contributed by atoms with Crippen LogP contribution in [0.5, 0.6) is 11.5 Å². The fourth-order valence-electron chi connectivity index (χ4n) is 2.27. The highest BCUT2D eigenvalue weighted by molar-refractivity contribution is 7.89. The lowest BCUT2D eigenvalue weighted by Crippen LogP contribution is -2.24. The second kappa shape index (κ2) is 7.36. The maximum atomic E-state index is 12.5. The normalized spacial score (nSPS) is 12.7. The summed E-state index contributed by atoms with van der Waals surface area (Å²) in [4.78, 5) is 12.3. The molecule has 0 fully saturated rings. The number of hydrogen-bond acceptors (Lipinski definition) is 5. The maximum absolute atomic E-state index is 12.5. The van der Waals surface area contributed by atoms with Gasteiger partial charge in [-0.15, -0.1) is 6.58 Å². The van der Waals surface area contributed by atoms with Crippen molar-refractivity contribution >= 4 is 33.2 Å². The van der Waals surface area contributed by atoms with Gasteiger partial charge in [-0.05, 0) is 30.3 Å². The first-order chi connectivity index (χ1) is 12.4. The van der Waals surface area contributed by atoms with Crippen LogP contribution in [-0.2, 0) is 10.0 Å². The second-order valence-electron chi connectivity index (χ2n) is 5.31. The van der Waals surface area contributed by atoms with Crippen LogP contribution in [0.1, 0.15) is 10.4 Å². The Balaban J connectivity index is 1.84. The molecule has 9 heteroatoms. The van der Waals surface area contributed by atoms with Crippen LogP contribution in [0.2, 0.25) is 5.02 Å². The summed E-state index contributed by atoms with van der Waals surface area (Å²) in [6.07, 6.45) is 1.40. The number of rotatable bonds is 6. The van der Waals surface area contributed by atoms with Gasteiger partial charge in [0.1, 0.15) is 4.90 Å². The van der Waals surface area contributed by atoms with Crippen LogP contribution >= 0.6 is 11.6 Å². The van der Waals surface area contributed by atoms with Crippen LogP contribution < -0.4 is 19.5 Å². The first-order valence-corrected chi connectivity index (χ1v) is 9.38. The number of carbonyl (C=O) groups excluding carboxylic acids is 1. The van der Waals surface area contributed by atoms with Crippen LogP contribution in [0.3, 0.4) is 0 Å². The number of fused-ring (bicyclic) bond motifs is 1. The lowest BCUT2D eigenvalue weighted by Gasteiger charge is -2.10. The van der Waals surface area contributed by atoms with E-state index in [1.807, 2.05) is 0 Å². The number of halogens is 1. The molecule has 0 atom stereocenters. The van der Waals surface area contributed by atoms with E-state index in [1.54, 1.807) is 18.2 Å². The highest BCUT2D eigenvalue weighted by Gasteiger charge is 2.20. The van der Waals surface area contributed by atoms with Gasteiger partial charge in [0.05, 0.1) is 5.02 Å². The van der Waals surface area contributed by atoms with E-state index in [4.69, 9.17) is 21.1 Å². The molecule has 1 aliphatic rings. The van der Waals surface area contributed by atoms with Gasteiger partial charge in [0, 0.05) is 23.9 Å². The zero-order valence-electron chi connectivity index (χ0n) is 13.5. The summed E-state index contributed by atoms with van der Waals surface area (Å²) in [5.74, 6) is 0.632. The molecule has 2 aromatic rings. The van der Waals surface area contributed by atoms with Gasteiger partial charge in [0.2, 0.25) is 16.8 Å². The quantitative estimate of drug-likeness (QED) is 0.735. The van der Waals surface area contributed by atoms with Crippen molar-refractivity contribution in [2.24, 2.45) is 0 Å². The third-order valence-electron chi connectivity index (χ3n) is 3.53. The smallest absolute Gasteiger partial charge is 0.255 e. The van der Waals surface area contributed by atoms with Crippen molar-refractivity contribution in [3.05, 3.63) is 59.6 Å². The minimum atomic E-state index is -3.86. The molecule has 1 amide bonds. The number of sulfonamides is 1. The average Bonchev–Trinajstić information content (AvgIpc) is 3.08. The molecular weight excluding hydrogens is 380 g/mol. The summed E-state index contributed by atoms with van der Waals surface area (Å²) in [5.41, 5.74) is 0.634. The number of ether oxygens (including phenoxy) is 2. The molecule has 0 aliphatic carbocycles. The van der Waals surface area contributed by atoms with Gasteiger partial charge in [-0.1, -0.05) is 17.7 Å². The van der Waals surface area contributed by atoms with E-state index in [0.29, 0.717) is 17.2 Å². The Kier molecular flexibility index (Phi) is 5.17. The maximum Gasteiger partial charge on any atom is 0.255 e. The molecule has 1 heterocycles. The number of nitrogens with one attached hydrogen (secondary N) is 2. The molecule has 0 unspecified atom stereocenters. The lowest BCUT2D eigenvalue weighted by atomic mass is 10.2. The molecule has 26 heavy (non-hydrogen) atoms. The zero-order valence-corrected chi connectivity index (χ0v) is 15.1. The molecular formula is C17H15ClN2O5S. The fraction of sp³-hybridized carbons (Fsp3) is 0.118. The van der Waals surface area contributed by atoms with Gasteiger partial charge in [0.25, 0.3) is 5.91 Å². The van der Waals surface area contributed by atoms with E-state index in [-0.39, 0.29) is 28.8 Å². The van der Waals surface area contributed by atoms with E-state index >= 15 is 0 Å². The van der Waals surface area contributed by atoms with Crippen molar-refractivity contribution in [1.29, 1.82) is 0 Å². The van der Waals surface area contributed by atoms with E-state index in [2.05, 4.69) is 16.6 Å². The summed E-state index contributed by atoms with van der Waals surface area (Å²) in [6, 6.07) is 8.98. The molecule has 0 saturated carbocycles. The van der Waals surface area contributed by atoms with E-state index < -0.39 is 15.9 Å². The van der Waals surface area contributed by atoms with Crippen LogP contribution in [0.25, 0.3) is 0 Å². The Morgan fingerprint density at radius 2 is 1.96 bits per heavy atom. The highest BCUT2D eigenvalue weighted by atomic mass is 35.5. The highest BCUT2D eigenvalue weighted by Crippen LogP contribution is 2.34. The van der Waals surface area contributed by atoms with E-state index in [0.717, 1.165) is 0 Å². The van der Waals surface area contributed by atoms with Gasteiger partial charge in [0.15, 0.2) is 11.5 Å².